The molecular formula is C21H26ClNO2. The first kappa shape index (κ1) is 19.3. The topological polar surface area (TPSA) is 29.5 Å². The van der Waals surface area contributed by atoms with Crippen molar-refractivity contribution in [3.8, 4) is 5.75 Å². The summed E-state index contributed by atoms with van der Waals surface area (Å²) in [6, 6.07) is 15.4. The van der Waals surface area contributed by atoms with Gasteiger partial charge in [-0.15, -0.1) is 0 Å². The van der Waals surface area contributed by atoms with Crippen LogP contribution in [-0.2, 0) is 16.8 Å². The molecule has 0 aromatic heterocycles. The van der Waals surface area contributed by atoms with E-state index in [2.05, 4.69) is 20.8 Å². The minimum absolute atomic E-state index is 0.0603. The van der Waals surface area contributed by atoms with Gasteiger partial charge in [0.25, 0.3) is 5.91 Å². The predicted molar refractivity (Wildman–Crippen MR) is 103 cm³/mol. The van der Waals surface area contributed by atoms with Crippen molar-refractivity contribution in [3.63, 3.8) is 0 Å². The number of rotatable bonds is 5. The van der Waals surface area contributed by atoms with E-state index in [1.54, 1.807) is 18.9 Å². The van der Waals surface area contributed by atoms with Gasteiger partial charge < -0.3 is 9.64 Å². The molecule has 0 aliphatic rings. The molecule has 2 aromatic rings. The largest absolute Gasteiger partial charge is 0.481 e. The summed E-state index contributed by atoms with van der Waals surface area (Å²) in [5, 5.41) is 0.688. The van der Waals surface area contributed by atoms with Crippen LogP contribution in [-0.4, -0.2) is 24.0 Å². The molecule has 0 heterocycles. The summed E-state index contributed by atoms with van der Waals surface area (Å²) < 4.78 is 5.81. The first-order chi connectivity index (χ1) is 11.7. The maximum Gasteiger partial charge on any atom is 0.263 e. The van der Waals surface area contributed by atoms with Gasteiger partial charge in [-0.25, -0.2) is 0 Å². The van der Waals surface area contributed by atoms with Gasteiger partial charge in [0.1, 0.15) is 5.75 Å². The van der Waals surface area contributed by atoms with E-state index < -0.39 is 6.10 Å². The van der Waals surface area contributed by atoms with E-state index in [1.807, 2.05) is 48.5 Å². The Morgan fingerprint density at radius 1 is 1.08 bits per heavy atom. The van der Waals surface area contributed by atoms with Crippen molar-refractivity contribution in [1.82, 2.24) is 4.90 Å². The van der Waals surface area contributed by atoms with Crippen LogP contribution in [0.15, 0.2) is 48.5 Å². The van der Waals surface area contributed by atoms with Crippen LogP contribution in [0.1, 0.15) is 38.8 Å². The monoisotopic (exact) mass is 359 g/mol. The van der Waals surface area contributed by atoms with Crippen LogP contribution >= 0.6 is 11.6 Å². The first-order valence-electron chi connectivity index (χ1n) is 8.43. The number of nitrogens with zero attached hydrogens (tertiary/aromatic N) is 1. The molecule has 0 aliphatic carbocycles. The number of carbonyl (C=O) groups excluding carboxylic acids is 1. The van der Waals surface area contributed by atoms with E-state index in [0.717, 1.165) is 5.56 Å². The van der Waals surface area contributed by atoms with Crippen LogP contribution in [0.3, 0.4) is 0 Å². The van der Waals surface area contributed by atoms with Crippen molar-refractivity contribution in [2.24, 2.45) is 0 Å². The van der Waals surface area contributed by atoms with Gasteiger partial charge in [-0.3, -0.25) is 4.79 Å². The Morgan fingerprint density at radius 2 is 1.64 bits per heavy atom. The molecule has 4 heteroatoms. The third-order valence-electron chi connectivity index (χ3n) is 4.09. The van der Waals surface area contributed by atoms with Crippen molar-refractivity contribution >= 4 is 17.5 Å². The fourth-order valence-corrected chi connectivity index (χ4v) is 2.67. The lowest BCUT2D eigenvalue weighted by Gasteiger charge is -2.23. The van der Waals surface area contributed by atoms with Crippen molar-refractivity contribution in [3.05, 3.63) is 64.7 Å². The minimum atomic E-state index is -0.544. The second-order valence-corrected chi connectivity index (χ2v) is 7.79. The Labute approximate surface area is 155 Å². The maximum atomic E-state index is 12.5. The highest BCUT2D eigenvalue weighted by atomic mass is 35.5. The number of amides is 1. The highest BCUT2D eigenvalue weighted by Crippen LogP contribution is 2.24. The summed E-state index contributed by atoms with van der Waals surface area (Å²) in [5.74, 6) is 0.642. The lowest BCUT2D eigenvalue weighted by atomic mass is 9.87. The van der Waals surface area contributed by atoms with Gasteiger partial charge in [0.05, 0.1) is 0 Å². The molecule has 2 rings (SSSR count). The average molecular weight is 360 g/mol. The summed E-state index contributed by atoms with van der Waals surface area (Å²) >= 11 is 5.89. The number of hydrogen-bond acceptors (Lipinski definition) is 2. The highest BCUT2D eigenvalue weighted by molar-refractivity contribution is 6.30. The van der Waals surface area contributed by atoms with E-state index in [1.165, 1.54) is 5.56 Å². The van der Waals surface area contributed by atoms with Crippen LogP contribution < -0.4 is 4.74 Å². The molecule has 0 fully saturated rings. The van der Waals surface area contributed by atoms with Gasteiger partial charge >= 0.3 is 0 Å². The zero-order chi connectivity index (χ0) is 18.6. The molecule has 1 amide bonds. The molecule has 2 aromatic carbocycles. The van der Waals surface area contributed by atoms with Gasteiger partial charge in [-0.05, 0) is 47.7 Å². The molecule has 134 valence electrons. The van der Waals surface area contributed by atoms with Crippen molar-refractivity contribution in [2.45, 2.75) is 45.8 Å². The third-order valence-corrected chi connectivity index (χ3v) is 4.34. The van der Waals surface area contributed by atoms with Crippen LogP contribution in [0.2, 0.25) is 5.02 Å². The van der Waals surface area contributed by atoms with E-state index >= 15 is 0 Å². The molecular weight excluding hydrogens is 334 g/mol. The van der Waals surface area contributed by atoms with E-state index in [0.29, 0.717) is 17.3 Å². The van der Waals surface area contributed by atoms with Crippen molar-refractivity contribution in [1.29, 1.82) is 0 Å². The summed E-state index contributed by atoms with van der Waals surface area (Å²) in [6.45, 7) is 8.80. The molecule has 0 saturated carbocycles. The molecule has 0 spiro atoms. The quantitative estimate of drug-likeness (QED) is 0.746. The predicted octanol–water partition coefficient (Wildman–Crippen LogP) is 5.06. The lowest BCUT2D eigenvalue weighted by molar-refractivity contribution is -0.137. The molecule has 3 nitrogen and oxygen atoms in total. The number of halogens is 1. The Morgan fingerprint density at radius 3 is 2.16 bits per heavy atom. The number of ether oxygens (including phenoxy) is 1. The van der Waals surface area contributed by atoms with Crippen molar-refractivity contribution < 1.29 is 9.53 Å². The first-order valence-corrected chi connectivity index (χ1v) is 8.81. The summed E-state index contributed by atoms with van der Waals surface area (Å²) in [6.07, 6.45) is -0.544. The normalized spacial score (nSPS) is 12.6. The lowest BCUT2D eigenvalue weighted by Crippen LogP contribution is -2.37. The molecule has 0 unspecified atom stereocenters. The second-order valence-electron chi connectivity index (χ2n) is 7.36. The SMILES string of the molecule is C[C@H](Oc1ccc(C(C)(C)C)cc1)C(=O)N(C)Cc1ccc(Cl)cc1. The molecule has 25 heavy (non-hydrogen) atoms. The Hall–Kier alpha value is -2.00. The van der Waals surface area contributed by atoms with E-state index in [4.69, 9.17) is 16.3 Å². The van der Waals surface area contributed by atoms with Gasteiger partial charge in [0, 0.05) is 18.6 Å². The summed E-state index contributed by atoms with van der Waals surface area (Å²) in [4.78, 5) is 14.2. The minimum Gasteiger partial charge on any atom is -0.481 e. The van der Waals surface area contributed by atoms with Crippen LogP contribution in [0.5, 0.6) is 5.75 Å². The standard InChI is InChI=1S/C21H26ClNO2/c1-15(25-19-12-8-17(9-13-19)21(2,3)4)20(24)23(5)14-16-6-10-18(22)11-7-16/h6-13,15H,14H2,1-5H3/t15-/m0/s1. The van der Waals surface area contributed by atoms with E-state index in [9.17, 15) is 4.79 Å². The molecule has 1 atom stereocenters. The number of likely N-dealkylation sites (N-methyl/N-ethyl adjacent to an activating group) is 1. The smallest absolute Gasteiger partial charge is 0.263 e. The Bertz CT molecular complexity index is 702. The molecule has 0 aliphatic heterocycles. The Balaban J connectivity index is 1.96. The van der Waals surface area contributed by atoms with Gasteiger partial charge in [-0.1, -0.05) is 56.6 Å². The van der Waals surface area contributed by atoms with Gasteiger partial charge in [0.2, 0.25) is 0 Å². The van der Waals surface area contributed by atoms with Crippen LogP contribution in [0.25, 0.3) is 0 Å². The molecule has 0 saturated heterocycles. The zero-order valence-corrected chi connectivity index (χ0v) is 16.3. The third kappa shape index (κ3) is 5.50. The number of benzene rings is 2. The highest BCUT2D eigenvalue weighted by Gasteiger charge is 2.20. The average Bonchev–Trinajstić information content (AvgIpc) is 2.55. The fraction of sp³-hybridized carbons (Fsp3) is 0.381. The number of hydrogen-bond donors (Lipinski definition) is 0. The fourth-order valence-electron chi connectivity index (χ4n) is 2.54. The summed E-state index contributed by atoms with van der Waals surface area (Å²) in [5.41, 5.74) is 2.36. The van der Waals surface area contributed by atoms with Gasteiger partial charge in [-0.2, -0.15) is 0 Å². The van der Waals surface area contributed by atoms with Crippen LogP contribution in [0.4, 0.5) is 0 Å². The zero-order valence-electron chi connectivity index (χ0n) is 15.5. The molecule has 0 N–H and O–H groups in total. The second kappa shape index (κ2) is 7.92. The Kier molecular flexibility index (Phi) is 6.12. The maximum absolute atomic E-state index is 12.5. The summed E-state index contributed by atoms with van der Waals surface area (Å²) in [7, 11) is 1.78. The van der Waals surface area contributed by atoms with Crippen molar-refractivity contribution in [2.75, 3.05) is 7.05 Å². The molecule has 0 radical (unpaired) electrons. The van der Waals surface area contributed by atoms with Crippen LogP contribution in [0, 0.1) is 0 Å². The van der Waals surface area contributed by atoms with E-state index in [-0.39, 0.29) is 11.3 Å². The van der Waals surface area contributed by atoms with Gasteiger partial charge in [0.15, 0.2) is 6.10 Å². The number of carbonyl (C=O) groups is 1. The molecule has 0 bridgehead atoms.